The van der Waals surface area contributed by atoms with Gasteiger partial charge in [0, 0.05) is 6.42 Å². The van der Waals surface area contributed by atoms with Crippen LogP contribution in [0.15, 0.2) is 11.5 Å². The first kappa shape index (κ1) is 21.4. The van der Waals surface area contributed by atoms with E-state index in [1.165, 1.54) is 32.1 Å². The van der Waals surface area contributed by atoms with Gasteiger partial charge >= 0.3 is 5.97 Å². The van der Waals surface area contributed by atoms with Crippen molar-refractivity contribution in [3.63, 3.8) is 0 Å². The number of aliphatic hydroxyl groups is 3. The third kappa shape index (κ3) is 7.44. The summed E-state index contributed by atoms with van der Waals surface area (Å²) in [6.45, 7) is 1.22. The zero-order chi connectivity index (χ0) is 18.7. The van der Waals surface area contributed by atoms with Crippen LogP contribution in [0.1, 0.15) is 64.7 Å². The summed E-state index contributed by atoms with van der Waals surface area (Å²) in [5.41, 5.74) is 0. The lowest BCUT2D eigenvalue weighted by molar-refractivity contribution is -0.148. The third-order valence-corrected chi connectivity index (χ3v) is 4.15. The molecule has 0 amide bonds. The van der Waals surface area contributed by atoms with Gasteiger partial charge in [0.25, 0.3) is 0 Å². The van der Waals surface area contributed by atoms with Crippen LogP contribution < -0.4 is 0 Å². The number of cyclic esters (lactones) is 1. The van der Waals surface area contributed by atoms with Crippen LogP contribution >= 0.6 is 0 Å². The van der Waals surface area contributed by atoms with E-state index >= 15 is 0 Å². The molecule has 1 heterocycles. The summed E-state index contributed by atoms with van der Waals surface area (Å²) in [5, 5.41) is 28.1. The summed E-state index contributed by atoms with van der Waals surface area (Å²) in [6, 6.07) is 0. The van der Waals surface area contributed by atoms with Gasteiger partial charge in [-0.1, -0.05) is 51.9 Å². The molecule has 7 nitrogen and oxygen atoms in total. The number of ether oxygens (including phenoxy) is 2. The summed E-state index contributed by atoms with van der Waals surface area (Å²) in [6.07, 6.45) is 6.74. The van der Waals surface area contributed by atoms with Crippen molar-refractivity contribution in [3.8, 4) is 0 Å². The third-order valence-electron chi connectivity index (χ3n) is 4.15. The van der Waals surface area contributed by atoms with E-state index in [4.69, 9.17) is 14.6 Å². The van der Waals surface area contributed by atoms with Gasteiger partial charge in [0.15, 0.2) is 17.6 Å². The maximum atomic E-state index is 11.8. The lowest BCUT2D eigenvalue weighted by Crippen LogP contribution is -2.33. The maximum Gasteiger partial charge on any atom is 0.378 e. The van der Waals surface area contributed by atoms with Crippen LogP contribution in [-0.2, 0) is 19.1 Å². The number of carbonyl (C=O) groups excluding carboxylic acids is 2. The van der Waals surface area contributed by atoms with Gasteiger partial charge in [0.2, 0.25) is 5.76 Å². The Morgan fingerprint density at radius 1 is 1.16 bits per heavy atom. The molecule has 0 radical (unpaired) electrons. The predicted molar refractivity (Wildman–Crippen MR) is 90.8 cm³/mol. The van der Waals surface area contributed by atoms with Crippen LogP contribution in [0, 0.1) is 0 Å². The molecule has 0 unspecified atom stereocenters. The average molecular weight is 358 g/mol. The molecule has 0 fully saturated rings. The molecule has 1 aliphatic rings. The van der Waals surface area contributed by atoms with E-state index in [9.17, 15) is 19.8 Å². The fourth-order valence-electron chi connectivity index (χ4n) is 2.65. The van der Waals surface area contributed by atoms with Crippen molar-refractivity contribution < 1.29 is 34.4 Å². The largest absolute Gasteiger partial charge is 0.499 e. The number of rotatable bonds is 14. The molecular weight excluding hydrogens is 328 g/mol. The Morgan fingerprint density at radius 2 is 1.76 bits per heavy atom. The Morgan fingerprint density at radius 3 is 2.36 bits per heavy atom. The Hall–Kier alpha value is -1.60. The molecular formula is C18H30O7. The van der Waals surface area contributed by atoms with Gasteiger partial charge in [-0.05, 0) is 6.42 Å². The molecule has 0 bridgehead atoms. The van der Waals surface area contributed by atoms with Crippen molar-refractivity contribution in [2.75, 3.05) is 13.2 Å². The number of esters is 1. The maximum absolute atomic E-state index is 11.8. The van der Waals surface area contributed by atoms with Crippen molar-refractivity contribution >= 4 is 11.8 Å². The Labute approximate surface area is 148 Å². The van der Waals surface area contributed by atoms with Crippen molar-refractivity contribution in [1.29, 1.82) is 0 Å². The number of ketones is 1. The zero-order valence-corrected chi connectivity index (χ0v) is 14.9. The monoisotopic (exact) mass is 358 g/mol. The van der Waals surface area contributed by atoms with Gasteiger partial charge in [0.1, 0.15) is 12.7 Å². The standard InChI is InChI=1S/C18H30O7/c1-2-3-4-5-6-7-8-9-10-13(20)12-24-17-15(22)18(23)25-16(17)14(21)11-19/h14,16,19,21-22H,2-12H2,1H3/t14-,16+/m0/s1. The van der Waals surface area contributed by atoms with E-state index in [0.717, 1.165) is 19.3 Å². The quantitative estimate of drug-likeness (QED) is 0.322. The highest BCUT2D eigenvalue weighted by Gasteiger charge is 2.40. The second-order valence-corrected chi connectivity index (χ2v) is 6.34. The van der Waals surface area contributed by atoms with Crippen LogP contribution in [0.25, 0.3) is 0 Å². The van der Waals surface area contributed by atoms with E-state index in [2.05, 4.69) is 6.92 Å². The molecule has 0 spiro atoms. The highest BCUT2D eigenvalue weighted by atomic mass is 16.6. The van der Waals surface area contributed by atoms with E-state index in [-0.39, 0.29) is 18.1 Å². The zero-order valence-electron chi connectivity index (χ0n) is 14.9. The lowest BCUT2D eigenvalue weighted by Gasteiger charge is -2.18. The fraction of sp³-hybridized carbons (Fsp3) is 0.778. The van der Waals surface area contributed by atoms with E-state index in [1.807, 2.05) is 0 Å². The Balaban J connectivity index is 2.23. The first-order chi connectivity index (χ1) is 12.0. The van der Waals surface area contributed by atoms with Gasteiger partial charge in [0.05, 0.1) is 6.61 Å². The topological polar surface area (TPSA) is 113 Å². The molecule has 144 valence electrons. The number of hydrogen-bond donors (Lipinski definition) is 3. The summed E-state index contributed by atoms with van der Waals surface area (Å²) >= 11 is 0. The second-order valence-electron chi connectivity index (χ2n) is 6.34. The smallest absolute Gasteiger partial charge is 0.378 e. The molecule has 1 rings (SSSR count). The first-order valence-corrected chi connectivity index (χ1v) is 9.08. The van der Waals surface area contributed by atoms with Crippen LogP contribution in [0.3, 0.4) is 0 Å². The van der Waals surface area contributed by atoms with Gasteiger partial charge < -0.3 is 24.8 Å². The summed E-state index contributed by atoms with van der Waals surface area (Å²) < 4.78 is 9.88. The molecule has 7 heteroatoms. The predicted octanol–water partition coefficient (Wildman–Crippen LogP) is 2.15. The fourth-order valence-corrected chi connectivity index (χ4v) is 2.65. The minimum atomic E-state index is -1.41. The molecule has 0 aromatic heterocycles. The number of unbranched alkanes of at least 4 members (excludes halogenated alkanes) is 7. The van der Waals surface area contributed by atoms with E-state index in [0.29, 0.717) is 6.42 Å². The lowest BCUT2D eigenvalue weighted by atomic mass is 10.1. The van der Waals surface area contributed by atoms with E-state index < -0.39 is 30.5 Å². The molecule has 3 N–H and O–H groups in total. The molecule has 0 aromatic carbocycles. The van der Waals surface area contributed by atoms with Crippen LogP contribution in [0.4, 0.5) is 0 Å². The average Bonchev–Trinajstić information content (AvgIpc) is 2.89. The minimum absolute atomic E-state index is 0.150. The van der Waals surface area contributed by atoms with Crippen LogP contribution in [-0.4, -0.2) is 52.5 Å². The number of Topliss-reactive ketones (excluding diaryl/α,β-unsaturated/α-hetero) is 1. The normalized spacial score (nSPS) is 18.4. The number of hydrogen-bond acceptors (Lipinski definition) is 7. The van der Waals surface area contributed by atoms with Gasteiger partial charge in [-0.25, -0.2) is 4.79 Å². The highest BCUT2D eigenvalue weighted by molar-refractivity contribution is 5.89. The Kier molecular flexibility index (Phi) is 10.2. The van der Waals surface area contributed by atoms with Gasteiger partial charge in [-0.3, -0.25) is 4.79 Å². The van der Waals surface area contributed by atoms with Crippen molar-refractivity contribution in [2.24, 2.45) is 0 Å². The van der Waals surface area contributed by atoms with Gasteiger partial charge in [-0.2, -0.15) is 0 Å². The summed E-state index contributed by atoms with van der Waals surface area (Å²) in [4.78, 5) is 23.2. The van der Waals surface area contributed by atoms with Crippen LogP contribution in [0.2, 0.25) is 0 Å². The number of carbonyl (C=O) groups is 2. The number of aliphatic hydroxyl groups excluding tert-OH is 3. The van der Waals surface area contributed by atoms with Crippen molar-refractivity contribution in [2.45, 2.75) is 76.9 Å². The molecule has 25 heavy (non-hydrogen) atoms. The molecule has 0 aromatic rings. The molecule has 1 aliphatic heterocycles. The second kappa shape index (κ2) is 11.9. The molecule has 0 saturated carbocycles. The molecule has 2 atom stereocenters. The minimum Gasteiger partial charge on any atom is -0.499 e. The van der Waals surface area contributed by atoms with Gasteiger partial charge in [-0.15, -0.1) is 0 Å². The summed E-state index contributed by atoms with van der Waals surface area (Å²) in [5.74, 6) is -2.25. The molecule has 0 saturated heterocycles. The molecule has 0 aliphatic carbocycles. The summed E-state index contributed by atoms with van der Waals surface area (Å²) in [7, 11) is 0. The Bertz CT molecular complexity index is 458. The highest BCUT2D eigenvalue weighted by Crippen LogP contribution is 2.25. The first-order valence-electron chi connectivity index (χ1n) is 9.08. The van der Waals surface area contributed by atoms with Crippen molar-refractivity contribution in [3.05, 3.63) is 11.5 Å². The SMILES string of the molecule is CCCCCCCCCCC(=O)COC1=C(O)C(=O)O[C@@H]1[C@@H](O)CO. The van der Waals surface area contributed by atoms with Crippen molar-refractivity contribution in [1.82, 2.24) is 0 Å². The van der Waals surface area contributed by atoms with E-state index in [1.54, 1.807) is 0 Å². The van der Waals surface area contributed by atoms with Crippen LogP contribution in [0.5, 0.6) is 0 Å².